The number of carbonyl (C=O) groups is 1. The van der Waals surface area contributed by atoms with Crippen molar-refractivity contribution in [2.45, 2.75) is 12.3 Å². The number of nitrogens with one attached hydrogen (secondary N) is 1. The molecule has 1 aromatic carbocycles. The zero-order chi connectivity index (χ0) is 10.8. The van der Waals surface area contributed by atoms with E-state index >= 15 is 0 Å². The second-order valence-electron chi connectivity index (χ2n) is 3.73. The first-order chi connectivity index (χ1) is 7.18. The predicted molar refractivity (Wildman–Crippen MR) is 53.6 cm³/mol. The fourth-order valence-corrected chi connectivity index (χ4v) is 1.90. The Morgan fingerprint density at radius 2 is 2.33 bits per heavy atom. The van der Waals surface area contributed by atoms with E-state index in [9.17, 15) is 9.18 Å². The Balaban J connectivity index is 2.33. The zero-order valence-corrected chi connectivity index (χ0v) is 8.16. The van der Waals surface area contributed by atoms with Crippen LogP contribution in [-0.4, -0.2) is 24.2 Å². The summed E-state index contributed by atoms with van der Waals surface area (Å²) in [5.41, 5.74) is 0.665. The summed E-state index contributed by atoms with van der Waals surface area (Å²) < 4.78 is 13.1. The molecule has 1 atom stereocenters. The van der Waals surface area contributed by atoms with Gasteiger partial charge in [-0.3, -0.25) is 0 Å². The molecule has 3 nitrogen and oxygen atoms in total. The highest BCUT2D eigenvalue weighted by Gasteiger charge is 2.19. The molecule has 1 saturated heterocycles. The molecule has 4 heteroatoms. The van der Waals surface area contributed by atoms with Crippen molar-refractivity contribution in [3.8, 4) is 0 Å². The lowest BCUT2D eigenvalue weighted by Crippen LogP contribution is -2.09. The molecule has 1 aliphatic rings. The molecule has 15 heavy (non-hydrogen) atoms. The van der Waals surface area contributed by atoms with E-state index in [2.05, 4.69) is 5.32 Å². The lowest BCUT2D eigenvalue weighted by Gasteiger charge is -2.09. The molecule has 1 aliphatic heterocycles. The third kappa shape index (κ3) is 1.99. The van der Waals surface area contributed by atoms with Gasteiger partial charge in [0.25, 0.3) is 0 Å². The number of halogens is 1. The topological polar surface area (TPSA) is 49.3 Å². The lowest BCUT2D eigenvalue weighted by molar-refractivity contribution is 0.0691. The molecule has 0 aliphatic carbocycles. The minimum Gasteiger partial charge on any atom is -0.478 e. The van der Waals surface area contributed by atoms with Crippen LogP contribution < -0.4 is 5.32 Å². The molecule has 80 valence electrons. The van der Waals surface area contributed by atoms with E-state index in [1.807, 2.05) is 0 Å². The molecule has 0 spiro atoms. The molecule has 2 N–H and O–H groups in total. The van der Waals surface area contributed by atoms with Crippen LogP contribution in [0.25, 0.3) is 0 Å². The number of carboxylic acid groups (broad SMARTS) is 1. The summed E-state index contributed by atoms with van der Waals surface area (Å²) in [4.78, 5) is 10.7. The number of benzene rings is 1. The predicted octanol–water partition coefficient (Wildman–Crippen LogP) is 1.60. The van der Waals surface area contributed by atoms with E-state index in [1.54, 1.807) is 6.07 Å². The Hall–Kier alpha value is -1.42. The van der Waals surface area contributed by atoms with E-state index in [0.717, 1.165) is 25.1 Å². The second-order valence-corrected chi connectivity index (χ2v) is 3.73. The Morgan fingerprint density at radius 3 is 2.93 bits per heavy atom. The van der Waals surface area contributed by atoms with Crippen LogP contribution in [0.5, 0.6) is 0 Å². The van der Waals surface area contributed by atoms with Crippen molar-refractivity contribution in [3.05, 3.63) is 35.1 Å². The highest BCUT2D eigenvalue weighted by atomic mass is 19.1. The molecule has 2 rings (SSSR count). The van der Waals surface area contributed by atoms with Crippen LogP contribution in [0.3, 0.4) is 0 Å². The van der Waals surface area contributed by atoms with Crippen molar-refractivity contribution in [2.24, 2.45) is 0 Å². The number of carboxylic acids is 1. The Kier molecular flexibility index (Phi) is 2.68. The van der Waals surface area contributed by atoms with E-state index in [4.69, 9.17) is 5.11 Å². The summed E-state index contributed by atoms with van der Waals surface area (Å²) in [6.07, 6.45) is 0.977. The van der Waals surface area contributed by atoms with Gasteiger partial charge in [-0.15, -0.1) is 0 Å². The van der Waals surface area contributed by atoms with Crippen molar-refractivity contribution < 1.29 is 14.3 Å². The Labute approximate surface area is 86.9 Å². The van der Waals surface area contributed by atoms with Crippen LogP contribution >= 0.6 is 0 Å². The number of rotatable bonds is 2. The summed E-state index contributed by atoms with van der Waals surface area (Å²) in [7, 11) is 0. The zero-order valence-electron chi connectivity index (χ0n) is 8.16. The Bertz CT molecular complexity index is 386. The van der Waals surface area contributed by atoms with Crippen LogP contribution in [0.15, 0.2) is 18.2 Å². The quantitative estimate of drug-likeness (QED) is 0.777. The smallest absolute Gasteiger partial charge is 0.338 e. The van der Waals surface area contributed by atoms with Gasteiger partial charge in [0.15, 0.2) is 0 Å². The van der Waals surface area contributed by atoms with Crippen LogP contribution in [0.2, 0.25) is 0 Å². The van der Waals surface area contributed by atoms with Crippen LogP contribution in [0.1, 0.15) is 28.3 Å². The van der Waals surface area contributed by atoms with Gasteiger partial charge >= 0.3 is 5.97 Å². The van der Waals surface area contributed by atoms with Gasteiger partial charge in [0.2, 0.25) is 0 Å². The SMILES string of the molecule is O=C(O)c1cc([C@H]2CCNC2)ccc1F. The van der Waals surface area contributed by atoms with E-state index in [-0.39, 0.29) is 5.56 Å². The monoisotopic (exact) mass is 209 g/mol. The van der Waals surface area contributed by atoms with Gasteiger partial charge in [0, 0.05) is 6.54 Å². The van der Waals surface area contributed by atoms with Gasteiger partial charge in [-0.25, -0.2) is 9.18 Å². The van der Waals surface area contributed by atoms with Crippen molar-refractivity contribution in [3.63, 3.8) is 0 Å². The minimum absolute atomic E-state index is 0.237. The van der Waals surface area contributed by atoms with Crippen LogP contribution in [0, 0.1) is 5.82 Å². The van der Waals surface area contributed by atoms with Gasteiger partial charge in [0.1, 0.15) is 5.82 Å². The standard InChI is InChI=1S/C11H12FNO2/c12-10-2-1-7(5-9(10)11(14)15)8-3-4-13-6-8/h1-2,5,8,13H,3-4,6H2,(H,14,15)/t8-/m0/s1. The first-order valence-corrected chi connectivity index (χ1v) is 4.92. The molecular weight excluding hydrogens is 197 g/mol. The molecule has 0 unspecified atom stereocenters. The molecule has 0 bridgehead atoms. The molecule has 0 radical (unpaired) electrons. The molecule has 0 amide bonds. The summed E-state index contributed by atoms with van der Waals surface area (Å²) >= 11 is 0. The summed E-state index contributed by atoms with van der Waals surface area (Å²) in [5, 5.41) is 12.0. The first-order valence-electron chi connectivity index (χ1n) is 4.92. The molecule has 1 heterocycles. The van der Waals surface area contributed by atoms with Gasteiger partial charge in [-0.05, 0) is 36.6 Å². The third-order valence-electron chi connectivity index (χ3n) is 2.75. The van der Waals surface area contributed by atoms with Crippen LogP contribution in [-0.2, 0) is 0 Å². The van der Waals surface area contributed by atoms with E-state index in [1.165, 1.54) is 12.1 Å². The van der Waals surface area contributed by atoms with Crippen molar-refractivity contribution in [2.75, 3.05) is 13.1 Å². The maximum Gasteiger partial charge on any atom is 0.338 e. The molecule has 1 fully saturated rings. The average molecular weight is 209 g/mol. The van der Waals surface area contributed by atoms with Crippen molar-refractivity contribution >= 4 is 5.97 Å². The normalized spacial score (nSPS) is 20.5. The number of hydrogen-bond donors (Lipinski definition) is 2. The van der Waals surface area contributed by atoms with Crippen molar-refractivity contribution in [1.29, 1.82) is 0 Å². The van der Waals surface area contributed by atoms with Gasteiger partial charge < -0.3 is 10.4 Å². The summed E-state index contributed by atoms with van der Waals surface area (Å²) in [5.74, 6) is -1.57. The van der Waals surface area contributed by atoms with Crippen molar-refractivity contribution in [1.82, 2.24) is 5.32 Å². The second kappa shape index (κ2) is 3.98. The first kappa shape index (κ1) is 10.1. The van der Waals surface area contributed by atoms with Gasteiger partial charge in [-0.1, -0.05) is 6.07 Å². The lowest BCUT2D eigenvalue weighted by atomic mass is 9.96. The average Bonchev–Trinajstić information content (AvgIpc) is 2.71. The maximum atomic E-state index is 13.1. The fourth-order valence-electron chi connectivity index (χ4n) is 1.90. The van der Waals surface area contributed by atoms with Crippen LogP contribution in [0.4, 0.5) is 4.39 Å². The molecular formula is C11H12FNO2. The molecule has 0 saturated carbocycles. The summed E-state index contributed by atoms with van der Waals surface area (Å²) in [6, 6.07) is 4.34. The maximum absolute atomic E-state index is 13.1. The van der Waals surface area contributed by atoms with E-state index in [0.29, 0.717) is 5.92 Å². The number of aromatic carboxylic acids is 1. The van der Waals surface area contributed by atoms with Gasteiger partial charge in [-0.2, -0.15) is 0 Å². The molecule has 1 aromatic rings. The highest BCUT2D eigenvalue weighted by Crippen LogP contribution is 2.24. The largest absolute Gasteiger partial charge is 0.478 e. The van der Waals surface area contributed by atoms with E-state index < -0.39 is 11.8 Å². The highest BCUT2D eigenvalue weighted by molar-refractivity contribution is 5.88. The summed E-state index contributed by atoms with van der Waals surface area (Å²) in [6.45, 7) is 1.77. The molecule has 0 aromatic heterocycles. The number of hydrogen-bond acceptors (Lipinski definition) is 2. The van der Waals surface area contributed by atoms with Gasteiger partial charge in [0.05, 0.1) is 5.56 Å². The fraction of sp³-hybridized carbons (Fsp3) is 0.364. The Morgan fingerprint density at radius 1 is 1.53 bits per heavy atom. The third-order valence-corrected chi connectivity index (χ3v) is 2.75. The minimum atomic E-state index is -1.21.